The molecule has 29 heavy (non-hydrogen) atoms. The number of carbonyl (C=O) groups is 2. The SMILES string of the molecule is CCN(CC)c1ccc([C@@H]2NC(=O)NC(C)=C2C(=O)O[C@H]2CCC[C@@H](C)C2)cc1. The molecule has 0 spiro atoms. The van der Waals surface area contributed by atoms with Gasteiger partial charge in [0.1, 0.15) is 6.10 Å². The predicted octanol–water partition coefficient (Wildman–Crippen LogP) is 4.28. The minimum absolute atomic E-state index is 0.0464. The Morgan fingerprint density at radius 1 is 1.17 bits per heavy atom. The van der Waals surface area contributed by atoms with Gasteiger partial charge in [-0.25, -0.2) is 9.59 Å². The summed E-state index contributed by atoms with van der Waals surface area (Å²) in [6, 6.07) is 7.22. The molecule has 0 saturated heterocycles. The highest BCUT2D eigenvalue weighted by molar-refractivity contribution is 5.95. The molecule has 2 aliphatic rings. The number of allylic oxidation sites excluding steroid dienone is 1. The van der Waals surface area contributed by atoms with E-state index in [4.69, 9.17) is 4.74 Å². The van der Waals surface area contributed by atoms with Crippen molar-refractivity contribution in [3.63, 3.8) is 0 Å². The number of hydrogen-bond acceptors (Lipinski definition) is 4. The first-order valence-corrected chi connectivity index (χ1v) is 10.8. The second kappa shape index (κ2) is 9.33. The zero-order valence-electron chi connectivity index (χ0n) is 18.0. The van der Waals surface area contributed by atoms with Crippen LogP contribution < -0.4 is 15.5 Å². The third-order valence-corrected chi connectivity index (χ3v) is 6.01. The molecule has 3 rings (SSSR count). The van der Waals surface area contributed by atoms with Crippen molar-refractivity contribution in [2.24, 2.45) is 5.92 Å². The van der Waals surface area contributed by atoms with Gasteiger partial charge < -0.3 is 20.3 Å². The molecule has 6 nitrogen and oxygen atoms in total. The number of nitrogens with one attached hydrogen (secondary N) is 2. The Morgan fingerprint density at radius 2 is 1.86 bits per heavy atom. The van der Waals surface area contributed by atoms with Crippen LogP contribution in [0, 0.1) is 5.92 Å². The fourth-order valence-corrected chi connectivity index (χ4v) is 4.38. The van der Waals surface area contributed by atoms with E-state index in [-0.39, 0.29) is 18.1 Å². The highest BCUT2D eigenvalue weighted by atomic mass is 16.5. The Labute approximate surface area is 173 Å². The van der Waals surface area contributed by atoms with E-state index in [1.807, 2.05) is 24.3 Å². The molecular formula is C23H33N3O3. The lowest BCUT2D eigenvalue weighted by atomic mass is 9.88. The maximum absolute atomic E-state index is 13.1. The van der Waals surface area contributed by atoms with Gasteiger partial charge in [0, 0.05) is 24.5 Å². The molecule has 3 atom stereocenters. The van der Waals surface area contributed by atoms with E-state index in [9.17, 15) is 9.59 Å². The number of urea groups is 1. The Hall–Kier alpha value is -2.50. The maximum atomic E-state index is 13.1. The van der Waals surface area contributed by atoms with E-state index in [0.29, 0.717) is 17.2 Å². The molecule has 0 aromatic heterocycles. The fourth-order valence-electron chi connectivity index (χ4n) is 4.38. The molecule has 1 aromatic rings. The van der Waals surface area contributed by atoms with E-state index in [1.165, 1.54) is 6.42 Å². The van der Waals surface area contributed by atoms with Crippen LogP contribution in [-0.4, -0.2) is 31.2 Å². The number of anilines is 1. The van der Waals surface area contributed by atoms with Crippen LogP contribution in [0.15, 0.2) is 35.5 Å². The third kappa shape index (κ3) is 4.92. The van der Waals surface area contributed by atoms with Crippen molar-refractivity contribution in [2.75, 3.05) is 18.0 Å². The van der Waals surface area contributed by atoms with E-state index in [0.717, 1.165) is 43.6 Å². The Bertz CT molecular complexity index is 768. The largest absolute Gasteiger partial charge is 0.459 e. The number of amides is 2. The number of esters is 1. The average molecular weight is 400 g/mol. The Morgan fingerprint density at radius 3 is 2.48 bits per heavy atom. The minimum Gasteiger partial charge on any atom is -0.459 e. The quantitative estimate of drug-likeness (QED) is 0.701. The minimum atomic E-state index is -0.511. The Kier molecular flexibility index (Phi) is 6.83. The van der Waals surface area contributed by atoms with Crippen molar-refractivity contribution >= 4 is 17.7 Å². The van der Waals surface area contributed by atoms with Gasteiger partial charge in [0.2, 0.25) is 0 Å². The summed E-state index contributed by atoms with van der Waals surface area (Å²) in [6.45, 7) is 10.1. The van der Waals surface area contributed by atoms with E-state index >= 15 is 0 Å². The van der Waals surface area contributed by atoms with Crippen LogP contribution in [0.3, 0.4) is 0 Å². The lowest BCUT2D eigenvalue weighted by molar-refractivity contribution is -0.146. The molecule has 1 aliphatic carbocycles. The molecule has 158 valence electrons. The molecule has 1 aliphatic heterocycles. The predicted molar refractivity (Wildman–Crippen MR) is 115 cm³/mol. The van der Waals surface area contributed by atoms with Gasteiger partial charge in [-0.15, -0.1) is 0 Å². The molecule has 1 aromatic carbocycles. The average Bonchev–Trinajstić information content (AvgIpc) is 2.68. The molecule has 0 unspecified atom stereocenters. The number of ether oxygens (including phenoxy) is 1. The third-order valence-electron chi connectivity index (χ3n) is 6.01. The zero-order chi connectivity index (χ0) is 21.0. The van der Waals surface area contributed by atoms with Crippen LogP contribution in [0.5, 0.6) is 0 Å². The first kappa shape index (κ1) is 21.2. The van der Waals surface area contributed by atoms with Crippen LogP contribution in [0.4, 0.5) is 10.5 Å². The van der Waals surface area contributed by atoms with Crippen molar-refractivity contribution in [1.29, 1.82) is 0 Å². The molecule has 0 radical (unpaired) electrons. The van der Waals surface area contributed by atoms with E-state index < -0.39 is 6.04 Å². The van der Waals surface area contributed by atoms with Crippen molar-refractivity contribution in [3.05, 3.63) is 41.1 Å². The monoisotopic (exact) mass is 399 g/mol. The van der Waals surface area contributed by atoms with Gasteiger partial charge in [-0.2, -0.15) is 0 Å². The van der Waals surface area contributed by atoms with Crippen LogP contribution >= 0.6 is 0 Å². The molecule has 1 saturated carbocycles. The molecular weight excluding hydrogens is 366 g/mol. The second-order valence-corrected chi connectivity index (χ2v) is 8.13. The zero-order valence-corrected chi connectivity index (χ0v) is 18.0. The summed E-state index contributed by atoms with van der Waals surface area (Å²) in [5.74, 6) is 0.233. The lowest BCUT2D eigenvalue weighted by Gasteiger charge is -2.31. The van der Waals surface area contributed by atoms with Crippen molar-refractivity contribution in [3.8, 4) is 0 Å². The van der Waals surface area contributed by atoms with E-state index in [2.05, 4.69) is 36.3 Å². The number of hydrogen-bond donors (Lipinski definition) is 2. The van der Waals surface area contributed by atoms with Crippen molar-refractivity contribution in [1.82, 2.24) is 10.6 Å². The first-order valence-electron chi connectivity index (χ1n) is 10.8. The van der Waals surface area contributed by atoms with Gasteiger partial charge in [0.05, 0.1) is 11.6 Å². The topological polar surface area (TPSA) is 70.7 Å². The highest BCUT2D eigenvalue weighted by Crippen LogP contribution is 2.31. The van der Waals surface area contributed by atoms with Gasteiger partial charge in [-0.1, -0.05) is 25.5 Å². The summed E-state index contributed by atoms with van der Waals surface area (Å²) in [7, 11) is 0. The number of carbonyl (C=O) groups excluding carboxylic acids is 2. The summed E-state index contributed by atoms with van der Waals surface area (Å²) in [6.07, 6.45) is 4.04. The lowest BCUT2D eigenvalue weighted by Crippen LogP contribution is -2.45. The molecule has 0 bridgehead atoms. The summed E-state index contributed by atoms with van der Waals surface area (Å²) in [5.41, 5.74) is 3.04. The van der Waals surface area contributed by atoms with Crippen molar-refractivity contribution in [2.45, 2.75) is 65.5 Å². The summed E-state index contributed by atoms with van der Waals surface area (Å²) >= 11 is 0. The van der Waals surface area contributed by atoms with Crippen molar-refractivity contribution < 1.29 is 14.3 Å². The molecule has 2 N–H and O–H groups in total. The number of nitrogens with zero attached hydrogens (tertiary/aromatic N) is 1. The highest BCUT2D eigenvalue weighted by Gasteiger charge is 2.34. The fraction of sp³-hybridized carbons (Fsp3) is 0.565. The molecule has 6 heteroatoms. The number of benzene rings is 1. The standard InChI is InChI=1S/C23H33N3O3/c1-5-26(6-2)18-12-10-17(11-13-18)21-20(16(4)24-23(28)25-21)22(27)29-19-9-7-8-15(3)14-19/h10-13,15,19,21H,5-9,14H2,1-4H3,(H2,24,25,28)/t15-,19+,21+/m1/s1. The molecule has 1 heterocycles. The van der Waals surface area contributed by atoms with Gasteiger partial charge in [0.25, 0.3) is 0 Å². The van der Waals surface area contributed by atoms with E-state index in [1.54, 1.807) is 6.92 Å². The number of rotatable bonds is 6. The maximum Gasteiger partial charge on any atom is 0.338 e. The first-order chi connectivity index (χ1) is 13.9. The summed E-state index contributed by atoms with van der Waals surface area (Å²) in [5, 5.41) is 5.62. The van der Waals surface area contributed by atoms with Crippen LogP contribution in [0.25, 0.3) is 0 Å². The smallest absolute Gasteiger partial charge is 0.338 e. The Balaban J connectivity index is 1.83. The van der Waals surface area contributed by atoms with Crippen LogP contribution in [-0.2, 0) is 9.53 Å². The van der Waals surface area contributed by atoms with Crippen LogP contribution in [0.2, 0.25) is 0 Å². The van der Waals surface area contributed by atoms with Crippen LogP contribution in [0.1, 0.15) is 65.0 Å². The summed E-state index contributed by atoms with van der Waals surface area (Å²) < 4.78 is 5.86. The summed E-state index contributed by atoms with van der Waals surface area (Å²) in [4.78, 5) is 27.4. The van der Waals surface area contributed by atoms with Gasteiger partial charge in [0.15, 0.2) is 0 Å². The molecule has 2 amide bonds. The van der Waals surface area contributed by atoms with Gasteiger partial charge in [-0.3, -0.25) is 0 Å². The molecule has 1 fully saturated rings. The van der Waals surface area contributed by atoms with Gasteiger partial charge in [-0.05, 0) is 63.6 Å². The second-order valence-electron chi connectivity index (χ2n) is 8.13. The van der Waals surface area contributed by atoms with Gasteiger partial charge >= 0.3 is 12.0 Å². The normalized spacial score (nSPS) is 24.6.